The normalized spacial score (nSPS) is 16.9. The molecule has 9 heteroatoms. The quantitative estimate of drug-likeness (QED) is 0.688. The molecule has 0 unspecified atom stereocenters. The van der Waals surface area contributed by atoms with E-state index in [9.17, 15) is 9.18 Å². The molecule has 1 amide bonds. The van der Waals surface area contributed by atoms with E-state index in [1.165, 1.54) is 17.4 Å². The first-order valence-corrected chi connectivity index (χ1v) is 10.2. The third-order valence-corrected chi connectivity index (χ3v) is 6.11. The molecular weight excluding hydrogens is 413 g/mol. The predicted molar refractivity (Wildman–Crippen MR) is 113 cm³/mol. The van der Waals surface area contributed by atoms with Crippen LogP contribution in [0.3, 0.4) is 0 Å². The monoisotopic (exact) mass is 431 g/mol. The van der Waals surface area contributed by atoms with Crippen LogP contribution in [0.4, 0.5) is 4.39 Å². The number of nitrogens with zero attached hydrogens (tertiary/aromatic N) is 4. The van der Waals surface area contributed by atoms with Crippen LogP contribution in [-0.4, -0.2) is 39.6 Å². The highest BCUT2D eigenvalue weighted by atomic mass is 35.5. The zero-order valence-electron chi connectivity index (χ0n) is 15.5. The second kappa shape index (κ2) is 8.14. The smallest absolute Gasteiger partial charge is 0.253 e. The Morgan fingerprint density at radius 3 is 2.76 bits per heavy atom. The summed E-state index contributed by atoms with van der Waals surface area (Å²) in [6, 6.07) is 6.59. The molecule has 1 fully saturated rings. The summed E-state index contributed by atoms with van der Waals surface area (Å²) in [6.45, 7) is 1.83. The molecule has 4 heterocycles. The van der Waals surface area contributed by atoms with E-state index >= 15 is 0 Å². The standard InChI is InChI=1S/C20H18FN5OS.ClH/c21-15-4-2-1-3-13(15)16-11-28-20(24-16)14-10-23-26-17(14)9-18(27)25-19(26)12-5-7-22-8-6-12;/h1-4,10-12,22H,5-9H2;1H. The number of benzene rings is 1. The van der Waals surface area contributed by atoms with Gasteiger partial charge in [0.25, 0.3) is 5.91 Å². The van der Waals surface area contributed by atoms with Gasteiger partial charge < -0.3 is 5.32 Å². The molecule has 0 aliphatic carbocycles. The minimum absolute atomic E-state index is 0. The first-order valence-electron chi connectivity index (χ1n) is 9.31. The number of halogens is 2. The van der Waals surface area contributed by atoms with E-state index in [1.54, 1.807) is 24.4 Å². The van der Waals surface area contributed by atoms with Crippen LogP contribution >= 0.6 is 23.7 Å². The van der Waals surface area contributed by atoms with Crippen LogP contribution in [0.25, 0.3) is 21.8 Å². The number of rotatable bonds is 3. The second-order valence-electron chi connectivity index (χ2n) is 7.00. The average molecular weight is 432 g/mol. The lowest BCUT2D eigenvalue weighted by atomic mass is 9.95. The number of aliphatic imine (C=N–C) groups is 1. The van der Waals surface area contributed by atoms with Crippen LogP contribution in [-0.2, 0) is 11.2 Å². The molecule has 5 rings (SSSR count). The van der Waals surface area contributed by atoms with Crippen LogP contribution in [0, 0.1) is 11.7 Å². The molecule has 0 saturated carbocycles. The third-order valence-electron chi connectivity index (χ3n) is 5.23. The van der Waals surface area contributed by atoms with Gasteiger partial charge >= 0.3 is 0 Å². The van der Waals surface area contributed by atoms with E-state index in [4.69, 9.17) is 0 Å². The summed E-state index contributed by atoms with van der Waals surface area (Å²) in [7, 11) is 0. The Hall–Kier alpha value is -2.42. The van der Waals surface area contributed by atoms with Gasteiger partial charge in [0.1, 0.15) is 16.7 Å². The molecule has 2 aliphatic heterocycles. The number of hydrogen-bond acceptors (Lipinski definition) is 5. The molecule has 0 bridgehead atoms. The summed E-state index contributed by atoms with van der Waals surface area (Å²) in [4.78, 5) is 21.2. The van der Waals surface area contributed by atoms with Crippen LogP contribution in [0.2, 0.25) is 0 Å². The fourth-order valence-corrected chi connectivity index (χ4v) is 4.66. The van der Waals surface area contributed by atoms with Crippen molar-refractivity contribution in [2.75, 3.05) is 13.1 Å². The van der Waals surface area contributed by atoms with Gasteiger partial charge in [0.2, 0.25) is 0 Å². The highest BCUT2D eigenvalue weighted by molar-refractivity contribution is 7.13. The van der Waals surface area contributed by atoms with Crippen molar-refractivity contribution >= 4 is 35.5 Å². The number of fused-ring (bicyclic) bond motifs is 1. The lowest BCUT2D eigenvalue weighted by Crippen LogP contribution is -2.38. The third kappa shape index (κ3) is 3.63. The fraction of sp³-hybridized carbons (Fsp3) is 0.300. The van der Waals surface area contributed by atoms with Crippen molar-refractivity contribution in [2.45, 2.75) is 19.3 Å². The van der Waals surface area contributed by atoms with Crippen molar-refractivity contribution in [2.24, 2.45) is 10.9 Å². The summed E-state index contributed by atoms with van der Waals surface area (Å²) in [5.74, 6) is 0.521. The number of piperidine rings is 1. The van der Waals surface area contributed by atoms with Crippen LogP contribution in [0.15, 0.2) is 40.8 Å². The highest BCUT2D eigenvalue weighted by Crippen LogP contribution is 2.33. The van der Waals surface area contributed by atoms with Gasteiger partial charge in [0, 0.05) is 16.9 Å². The Labute approximate surface area is 177 Å². The van der Waals surface area contributed by atoms with Crippen LogP contribution in [0.1, 0.15) is 18.5 Å². The molecule has 2 aliphatic rings. The SMILES string of the molecule is Cl.O=C1Cc2c(-c3nc(-c4ccccc4F)cs3)cnn2C(C2CCNCC2)=N1. The van der Waals surface area contributed by atoms with Crippen molar-refractivity contribution < 1.29 is 9.18 Å². The first kappa shape index (κ1) is 19.9. The number of hydrogen-bond donors (Lipinski definition) is 1. The zero-order valence-corrected chi connectivity index (χ0v) is 17.1. The molecule has 0 radical (unpaired) electrons. The highest BCUT2D eigenvalue weighted by Gasteiger charge is 2.30. The number of nitrogens with one attached hydrogen (secondary N) is 1. The van der Waals surface area contributed by atoms with Gasteiger partial charge in [-0.2, -0.15) is 10.1 Å². The summed E-state index contributed by atoms with van der Waals surface area (Å²) >= 11 is 1.43. The largest absolute Gasteiger partial charge is 0.317 e. The summed E-state index contributed by atoms with van der Waals surface area (Å²) < 4.78 is 15.9. The molecule has 1 saturated heterocycles. The molecule has 0 spiro atoms. The van der Waals surface area contributed by atoms with E-state index in [2.05, 4.69) is 20.4 Å². The Balaban J connectivity index is 0.00000205. The fourth-order valence-electron chi connectivity index (χ4n) is 3.81. The number of carbonyl (C=O) groups is 1. The second-order valence-corrected chi connectivity index (χ2v) is 7.86. The molecule has 29 heavy (non-hydrogen) atoms. The van der Waals surface area contributed by atoms with Gasteiger partial charge in [0.05, 0.1) is 29.6 Å². The zero-order chi connectivity index (χ0) is 19.1. The lowest BCUT2D eigenvalue weighted by Gasteiger charge is -2.26. The molecule has 150 valence electrons. The maximum absolute atomic E-state index is 14.1. The van der Waals surface area contributed by atoms with Crippen molar-refractivity contribution in [1.82, 2.24) is 20.1 Å². The lowest BCUT2D eigenvalue weighted by molar-refractivity contribution is -0.117. The molecule has 2 aromatic heterocycles. The van der Waals surface area contributed by atoms with Gasteiger partial charge in [-0.3, -0.25) is 4.79 Å². The summed E-state index contributed by atoms with van der Waals surface area (Å²) in [5.41, 5.74) is 2.71. The molecule has 1 N–H and O–H groups in total. The van der Waals surface area contributed by atoms with E-state index in [1.807, 2.05) is 10.1 Å². The van der Waals surface area contributed by atoms with Crippen molar-refractivity contribution in [3.05, 3.63) is 47.4 Å². The molecule has 3 aromatic rings. The van der Waals surface area contributed by atoms with E-state index in [0.717, 1.165) is 48.0 Å². The van der Waals surface area contributed by atoms with E-state index in [-0.39, 0.29) is 36.5 Å². The summed E-state index contributed by atoms with van der Waals surface area (Å²) in [5, 5.41) is 10.4. The van der Waals surface area contributed by atoms with Crippen molar-refractivity contribution in [1.29, 1.82) is 0 Å². The topological polar surface area (TPSA) is 72.2 Å². The van der Waals surface area contributed by atoms with Crippen LogP contribution < -0.4 is 5.32 Å². The van der Waals surface area contributed by atoms with Gasteiger partial charge in [0.15, 0.2) is 0 Å². The molecule has 6 nitrogen and oxygen atoms in total. The Morgan fingerprint density at radius 2 is 1.97 bits per heavy atom. The average Bonchev–Trinajstić information content (AvgIpc) is 3.35. The van der Waals surface area contributed by atoms with E-state index in [0.29, 0.717) is 11.3 Å². The molecule has 0 atom stereocenters. The molecular formula is C20H19ClFN5OS. The van der Waals surface area contributed by atoms with Gasteiger partial charge in [-0.1, -0.05) is 12.1 Å². The maximum atomic E-state index is 14.1. The first-order chi connectivity index (χ1) is 13.7. The number of thiazole rings is 1. The Bertz CT molecular complexity index is 1090. The van der Waals surface area contributed by atoms with Crippen molar-refractivity contribution in [3.63, 3.8) is 0 Å². The van der Waals surface area contributed by atoms with Gasteiger partial charge in [-0.05, 0) is 38.1 Å². The number of aromatic nitrogens is 3. The van der Waals surface area contributed by atoms with E-state index < -0.39 is 0 Å². The summed E-state index contributed by atoms with van der Waals surface area (Å²) in [6.07, 6.45) is 3.83. The Kier molecular flexibility index (Phi) is 5.58. The predicted octanol–water partition coefficient (Wildman–Crippen LogP) is 3.56. The van der Waals surface area contributed by atoms with Gasteiger partial charge in [-0.25, -0.2) is 14.1 Å². The van der Waals surface area contributed by atoms with Crippen molar-refractivity contribution in [3.8, 4) is 21.8 Å². The minimum Gasteiger partial charge on any atom is -0.317 e. The Morgan fingerprint density at radius 1 is 1.17 bits per heavy atom. The molecule has 1 aromatic carbocycles. The van der Waals surface area contributed by atoms with Crippen LogP contribution in [0.5, 0.6) is 0 Å². The van der Waals surface area contributed by atoms with Gasteiger partial charge in [-0.15, -0.1) is 23.7 Å². The maximum Gasteiger partial charge on any atom is 0.253 e. The number of carbonyl (C=O) groups excluding carboxylic acids is 1. The minimum atomic E-state index is -0.299. The number of amides is 1.